The molecule has 0 atom stereocenters. The highest BCUT2D eigenvalue weighted by Crippen LogP contribution is 2.13. The van der Waals surface area contributed by atoms with E-state index in [0.717, 1.165) is 12.8 Å². The van der Waals surface area contributed by atoms with Gasteiger partial charge in [-0.2, -0.15) is 0 Å². The van der Waals surface area contributed by atoms with Crippen molar-refractivity contribution in [3.05, 3.63) is 20.4 Å². The molecule has 6 N–H and O–H groups in total. The average Bonchev–Trinajstić information content (AvgIpc) is 2.92. The summed E-state index contributed by atoms with van der Waals surface area (Å²) in [6, 6.07) is 0. The molecule has 16 heteroatoms. The molecule has 236 valence electrons. The molecule has 0 bridgehead atoms. The number of hydrogen-bond donors (Lipinski definition) is 6. The normalized spacial score (nSPS) is 16.8. The van der Waals surface area contributed by atoms with Gasteiger partial charge in [-0.15, -0.1) is 0 Å². The fourth-order valence-electron chi connectivity index (χ4n) is 4.55. The summed E-state index contributed by atoms with van der Waals surface area (Å²) in [6.45, 7) is 4.67. The number of carboxylic acids is 3. The Morgan fingerprint density at radius 2 is 0.952 bits per heavy atom. The van der Waals surface area contributed by atoms with E-state index in [1.807, 2.05) is 11.8 Å². The molecule has 0 radical (unpaired) electrons. The fourth-order valence-corrected chi connectivity index (χ4v) is 4.55. The van der Waals surface area contributed by atoms with Gasteiger partial charge in [0.05, 0.1) is 26.2 Å². The van der Waals surface area contributed by atoms with Gasteiger partial charge in [-0.05, 0) is 6.42 Å². The van der Waals surface area contributed by atoms with Crippen LogP contribution in [0, 0.1) is 0 Å². The lowest BCUT2D eigenvalue weighted by molar-refractivity contribution is -0.140. The summed E-state index contributed by atoms with van der Waals surface area (Å²) in [5.74, 6) is -3.39. The minimum atomic E-state index is -1.03. The van der Waals surface area contributed by atoms with E-state index in [1.54, 1.807) is 14.7 Å². The third-order valence-corrected chi connectivity index (χ3v) is 6.87. The maximum atomic E-state index is 12.7. The zero-order valence-corrected chi connectivity index (χ0v) is 24.1. The van der Waals surface area contributed by atoms with Gasteiger partial charge in [0.25, 0.3) is 10.9 Å². The van der Waals surface area contributed by atoms with Gasteiger partial charge in [0.2, 0.25) is 5.91 Å². The molecule has 1 aromatic rings. The summed E-state index contributed by atoms with van der Waals surface area (Å²) in [5, 5.41) is 36.6. The third kappa shape index (κ3) is 12.5. The highest BCUT2D eigenvalue weighted by Gasteiger charge is 2.22. The monoisotopic (exact) mass is 597 g/mol. The Balaban J connectivity index is 1.97. The summed E-state index contributed by atoms with van der Waals surface area (Å²) < 4.78 is 0. The molecule has 42 heavy (non-hydrogen) atoms. The van der Waals surface area contributed by atoms with Crippen LogP contribution in [0.3, 0.4) is 0 Å². The summed E-state index contributed by atoms with van der Waals surface area (Å²) in [4.78, 5) is 77.4. The maximum Gasteiger partial charge on any atom is 0.317 e. The number of carbonyl (C=O) groups excluding carboxylic acids is 1. The fraction of sp³-hybridized carbons (Fsp3) is 0.692. The lowest BCUT2D eigenvalue weighted by atomic mass is 10.2. The quantitative estimate of drug-likeness (QED) is 0.0858. The molecule has 1 fully saturated rings. The lowest BCUT2D eigenvalue weighted by Crippen LogP contribution is -2.50. The number of amides is 1. The van der Waals surface area contributed by atoms with E-state index in [4.69, 9.17) is 0 Å². The zero-order chi connectivity index (χ0) is 31.1. The van der Waals surface area contributed by atoms with E-state index in [9.17, 15) is 44.1 Å². The molecular formula is C26H43N7O9. The average molecular weight is 598 g/mol. The molecule has 16 nitrogen and oxygen atoms in total. The number of aliphatic carboxylic acids is 3. The van der Waals surface area contributed by atoms with Crippen LogP contribution in [0.5, 0.6) is 0 Å². The van der Waals surface area contributed by atoms with Gasteiger partial charge >= 0.3 is 17.9 Å². The molecule has 2 rings (SSSR count). The second-order valence-corrected chi connectivity index (χ2v) is 10.3. The summed E-state index contributed by atoms with van der Waals surface area (Å²) in [5.41, 5.74) is -0.673. The van der Waals surface area contributed by atoms with Gasteiger partial charge in [0.1, 0.15) is 11.4 Å². The SMILES string of the molecule is CCCCNc1c(NCCNC(=O)CN2CCN(CC(=O)O)CCN(CC(=O)O)CCN(CC(=O)O)CC2)c(=O)c1=O. The van der Waals surface area contributed by atoms with Gasteiger partial charge in [0, 0.05) is 72.0 Å². The second kappa shape index (κ2) is 18.0. The number of nitrogens with one attached hydrogen (secondary N) is 3. The van der Waals surface area contributed by atoms with Crippen LogP contribution in [0.4, 0.5) is 11.4 Å². The van der Waals surface area contributed by atoms with Crippen molar-refractivity contribution in [1.82, 2.24) is 24.9 Å². The van der Waals surface area contributed by atoms with Crippen LogP contribution in [-0.4, -0.2) is 157 Å². The van der Waals surface area contributed by atoms with Crippen LogP contribution < -0.4 is 26.8 Å². The van der Waals surface area contributed by atoms with Crippen LogP contribution in [0.1, 0.15) is 19.8 Å². The zero-order valence-electron chi connectivity index (χ0n) is 24.1. The Labute approximate surface area is 243 Å². The molecule has 1 aliphatic rings. The van der Waals surface area contributed by atoms with Crippen molar-refractivity contribution >= 4 is 35.2 Å². The highest BCUT2D eigenvalue weighted by molar-refractivity contribution is 5.78. The van der Waals surface area contributed by atoms with E-state index >= 15 is 0 Å². The number of unbranched alkanes of at least 4 members (excludes halogenated alkanes) is 1. The van der Waals surface area contributed by atoms with Crippen molar-refractivity contribution in [3.63, 3.8) is 0 Å². The van der Waals surface area contributed by atoms with E-state index in [2.05, 4.69) is 16.0 Å². The lowest BCUT2D eigenvalue weighted by Gasteiger charge is -2.32. The minimum absolute atomic E-state index is 0.0170. The smallest absolute Gasteiger partial charge is 0.317 e. The Bertz CT molecular complexity index is 1090. The largest absolute Gasteiger partial charge is 0.480 e. The van der Waals surface area contributed by atoms with Crippen molar-refractivity contribution in [2.45, 2.75) is 19.8 Å². The van der Waals surface area contributed by atoms with Gasteiger partial charge < -0.3 is 31.3 Å². The molecule has 1 aromatic carbocycles. The van der Waals surface area contributed by atoms with Gasteiger partial charge in [-0.3, -0.25) is 48.4 Å². The van der Waals surface area contributed by atoms with Crippen molar-refractivity contribution in [2.24, 2.45) is 0 Å². The molecule has 1 amide bonds. The molecule has 0 aliphatic carbocycles. The molecule has 1 heterocycles. The molecular weight excluding hydrogens is 554 g/mol. The van der Waals surface area contributed by atoms with Gasteiger partial charge in [-0.25, -0.2) is 0 Å². The van der Waals surface area contributed by atoms with E-state index in [0.29, 0.717) is 32.7 Å². The summed E-state index contributed by atoms with van der Waals surface area (Å²) in [7, 11) is 0. The Morgan fingerprint density at radius 1 is 0.595 bits per heavy atom. The van der Waals surface area contributed by atoms with Crippen molar-refractivity contribution < 1.29 is 34.5 Å². The Morgan fingerprint density at radius 3 is 1.31 bits per heavy atom. The van der Waals surface area contributed by atoms with Crippen LogP contribution in [0.25, 0.3) is 0 Å². The minimum Gasteiger partial charge on any atom is -0.480 e. The Kier molecular flexibility index (Phi) is 14.9. The number of rotatable bonds is 16. The topological polar surface area (TPSA) is 212 Å². The van der Waals surface area contributed by atoms with Gasteiger partial charge in [0.15, 0.2) is 0 Å². The Hall–Kier alpha value is -3.60. The first kappa shape index (κ1) is 34.6. The molecule has 1 saturated heterocycles. The third-order valence-electron chi connectivity index (χ3n) is 6.87. The number of carboxylic acid groups (broad SMARTS) is 3. The number of anilines is 2. The van der Waals surface area contributed by atoms with Crippen LogP contribution in [0.15, 0.2) is 9.59 Å². The second-order valence-electron chi connectivity index (χ2n) is 10.3. The van der Waals surface area contributed by atoms with Crippen molar-refractivity contribution in [3.8, 4) is 0 Å². The van der Waals surface area contributed by atoms with Crippen LogP contribution >= 0.6 is 0 Å². The molecule has 1 aliphatic heterocycles. The standard InChI is InChI=1S/C26H43N7O9/c1-2-3-4-28-23-24(26(42)25(23)41)29-6-5-27-19(34)15-30-7-9-31(16-20(35)36)11-13-33(18-22(39)40)14-12-32(10-8-30)17-21(37)38/h28-29H,2-18H2,1H3,(H,27,34)(H,35,36)(H,37,38)(H,39,40). The molecule has 0 saturated carbocycles. The van der Waals surface area contributed by atoms with Crippen LogP contribution in [-0.2, 0) is 19.2 Å². The highest BCUT2D eigenvalue weighted by atomic mass is 16.4. The first-order valence-corrected chi connectivity index (χ1v) is 14.1. The van der Waals surface area contributed by atoms with Crippen molar-refractivity contribution in [1.29, 1.82) is 0 Å². The van der Waals surface area contributed by atoms with Gasteiger partial charge in [-0.1, -0.05) is 13.3 Å². The number of hydrogen-bond acceptors (Lipinski definition) is 12. The number of carbonyl (C=O) groups is 4. The first-order chi connectivity index (χ1) is 20.0. The van der Waals surface area contributed by atoms with E-state index < -0.39 is 28.8 Å². The summed E-state index contributed by atoms with van der Waals surface area (Å²) >= 11 is 0. The van der Waals surface area contributed by atoms with Crippen LogP contribution in [0.2, 0.25) is 0 Å². The first-order valence-electron chi connectivity index (χ1n) is 14.1. The van der Waals surface area contributed by atoms with E-state index in [-0.39, 0.29) is 82.7 Å². The van der Waals surface area contributed by atoms with E-state index in [1.165, 1.54) is 0 Å². The molecule has 0 unspecified atom stereocenters. The number of nitrogens with zero attached hydrogens (tertiary/aromatic N) is 4. The molecule has 0 aromatic heterocycles. The maximum absolute atomic E-state index is 12.7. The van der Waals surface area contributed by atoms with Crippen molar-refractivity contribution in [2.75, 3.05) is 109 Å². The predicted molar refractivity (Wildman–Crippen MR) is 155 cm³/mol. The predicted octanol–water partition coefficient (Wildman–Crippen LogP) is -2.50. The molecule has 0 spiro atoms. The summed E-state index contributed by atoms with van der Waals surface area (Å²) in [6.07, 6.45) is 1.80.